The Kier molecular flexibility index (Phi) is 5.84. The largest absolute Gasteiger partial charge is 0.508 e. The maximum Gasteiger partial charge on any atom is 0.264 e. The van der Waals surface area contributed by atoms with Gasteiger partial charge in [-0.15, -0.1) is 6.58 Å². The van der Waals surface area contributed by atoms with Crippen molar-refractivity contribution in [2.45, 2.75) is 44.8 Å². The van der Waals surface area contributed by atoms with Crippen LogP contribution in [0.25, 0.3) is 0 Å². The Labute approximate surface area is 137 Å². The highest BCUT2D eigenvalue weighted by Crippen LogP contribution is 2.37. The van der Waals surface area contributed by atoms with Crippen LogP contribution in [-0.2, 0) is 14.3 Å². The molecule has 130 valence electrons. The normalized spacial score (nSPS) is 15.2. The van der Waals surface area contributed by atoms with E-state index in [1.165, 1.54) is 32.1 Å². The highest BCUT2D eigenvalue weighted by atomic mass is 32.2. The summed E-state index contributed by atoms with van der Waals surface area (Å²) in [6.45, 7) is 8.21. The second-order valence-electron chi connectivity index (χ2n) is 6.22. The molecule has 0 saturated carbocycles. The molecule has 0 unspecified atom stereocenters. The predicted molar refractivity (Wildman–Crippen MR) is 88.1 cm³/mol. The van der Waals surface area contributed by atoms with Crippen molar-refractivity contribution in [3.63, 3.8) is 0 Å². The van der Waals surface area contributed by atoms with E-state index < -0.39 is 27.7 Å². The Morgan fingerprint density at radius 1 is 1.30 bits per heavy atom. The molecule has 0 spiro atoms. The van der Waals surface area contributed by atoms with Crippen LogP contribution in [0.4, 0.5) is 0 Å². The van der Waals surface area contributed by atoms with E-state index in [9.17, 15) is 23.7 Å². The van der Waals surface area contributed by atoms with Crippen LogP contribution in [0.5, 0.6) is 11.5 Å². The van der Waals surface area contributed by atoms with Crippen molar-refractivity contribution in [3.8, 4) is 11.5 Å². The molecule has 3 N–H and O–H groups in total. The predicted octanol–water partition coefficient (Wildman–Crippen LogP) is 2.18. The molecule has 23 heavy (non-hydrogen) atoms. The zero-order valence-corrected chi connectivity index (χ0v) is 14.6. The monoisotopic (exact) mass is 344 g/mol. The minimum absolute atomic E-state index is 0.00786. The fraction of sp³-hybridized carbons (Fsp3) is 0.500. The van der Waals surface area contributed by atoms with Crippen molar-refractivity contribution < 1.29 is 27.9 Å². The van der Waals surface area contributed by atoms with E-state index >= 15 is 0 Å². The maximum absolute atomic E-state index is 11.4. The third-order valence-corrected chi connectivity index (χ3v) is 4.16. The summed E-state index contributed by atoms with van der Waals surface area (Å²) in [5, 5.41) is 30.1. The van der Waals surface area contributed by atoms with Gasteiger partial charge in [0.25, 0.3) is 10.1 Å². The van der Waals surface area contributed by atoms with Gasteiger partial charge in [0.1, 0.15) is 17.6 Å². The first-order chi connectivity index (χ1) is 10.3. The minimum atomic E-state index is -3.77. The van der Waals surface area contributed by atoms with E-state index in [2.05, 4.69) is 6.58 Å². The first-order valence-electron chi connectivity index (χ1n) is 7.10. The smallest absolute Gasteiger partial charge is 0.264 e. The van der Waals surface area contributed by atoms with Crippen LogP contribution in [0.3, 0.4) is 0 Å². The van der Waals surface area contributed by atoms with E-state index in [0.29, 0.717) is 11.1 Å². The quantitative estimate of drug-likeness (QED) is 0.398. The Morgan fingerprint density at radius 2 is 1.87 bits per heavy atom. The zero-order chi connectivity index (χ0) is 18.0. The molecule has 0 aromatic heterocycles. The van der Waals surface area contributed by atoms with Gasteiger partial charge in [0.15, 0.2) is 0 Å². The molecule has 1 aromatic carbocycles. The molecular weight excluding hydrogens is 320 g/mol. The van der Waals surface area contributed by atoms with Gasteiger partial charge in [-0.2, -0.15) is 8.42 Å². The van der Waals surface area contributed by atoms with Gasteiger partial charge in [-0.05, 0) is 44.9 Å². The molecule has 0 aliphatic rings. The first-order valence-corrected chi connectivity index (χ1v) is 8.92. The molecule has 0 aliphatic heterocycles. The number of phenolic OH excluding ortho intramolecular Hbond substituents is 2. The molecule has 1 rings (SSSR count). The highest BCUT2D eigenvalue weighted by Gasteiger charge is 2.33. The Morgan fingerprint density at radius 3 is 2.30 bits per heavy atom. The first kappa shape index (κ1) is 19.5. The van der Waals surface area contributed by atoms with Gasteiger partial charge in [0.05, 0.1) is 11.9 Å². The summed E-state index contributed by atoms with van der Waals surface area (Å²) in [4.78, 5) is 0. The SMILES string of the molecule is C=C[C@@H](C[C@@H](OS(C)(=O)=O)C(C)(C)O)c1cc(O)c(C)cc1O. The molecule has 7 heteroatoms. The summed E-state index contributed by atoms with van der Waals surface area (Å²) in [6.07, 6.45) is 1.44. The second-order valence-corrected chi connectivity index (χ2v) is 7.82. The number of rotatable bonds is 7. The van der Waals surface area contributed by atoms with Crippen LogP contribution in [0.2, 0.25) is 0 Å². The molecule has 0 heterocycles. The molecule has 0 amide bonds. The average Bonchev–Trinajstić information content (AvgIpc) is 2.36. The topological polar surface area (TPSA) is 104 Å². The highest BCUT2D eigenvalue weighted by molar-refractivity contribution is 7.86. The number of hydrogen-bond acceptors (Lipinski definition) is 6. The number of aliphatic hydroxyl groups is 1. The van der Waals surface area contributed by atoms with Crippen molar-refractivity contribution in [2.75, 3.05) is 6.26 Å². The summed E-state index contributed by atoms with van der Waals surface area (Å²) >= 11 is 0. The third-order valence-electron chi connectivity index (χ3n) is 3.58. The van der Waals surface area contributed by atoms with Crippen molar-refractivity contribution in [1.82, 2.24) is 0 Å². The van der Waals surface area contributed by atoms with Gasteiger partial charge in [-0.25, -0.2) is 0 Å². The number of aromatic hydroxyl groups is 2. The average molecular weight is 344 g/mol. The van der Waals surface area contributed by atoms with E-state index in [4.69, 9.17) is 4.18 Å². The summed E-state index contributed by atoms with van der Waals surface area (Å²) < 4.78 is 27.8. The zero-order valence-electron chi connectivity index (χ0n) is 13.8. The Hall–Kier alpha value is -1.57. The van der Waals surface area contributed by atoms with Gasteiger partial charge in [0, 0.05) is 11.5 Å². The molecule has 6 nitrogen and oxygen atoms in total. The van der Waals surface area contributed by atoms with Gasteiger partial charge >= 0.3 is 0 Å². The van der Waals surface area contributed by atoms with Crippen LogP contribution in [0.1, 0.15) is 37.3 Å². The second kappa shape index (κ2) is 6.90. The van der Waals surface area contributed by atoms with Crippen LogP contribution in [0.15, 0.2) is 24.8 Å². The lowest BCUT2D eigenvalue weighted by atomic mass is 9.86. The van der Waals surface area contributed by atoms with E-state index in [1.807, 2.05) is 0 Å². The number of allylic oxidation sites excluding steroid dienone is 1. The molecule has 2 atom stereocenters. The van der Waals surface area contributed by atoms with Crippen LogP contribution >= 0.6 is 0 Å². The van der Waals surface area contributed by atoms with Crippen molar-refractivity contribution in [3.05, 3.63) is 35.9 Å². The molecule has 0 saturated heterocycles. The van der Waals surface area contributed by atoms with Gasteiger partial charge < -0.3 is 15.3 Å². The van der Waals surface area contributed by atoms with Crippen LogP contribution < -0.4 is 0 Å². The summed E-state index contributed by atoms with van der Waals surface area (Å²) in [7, 11) is -3.77. The molecule has 0 fully saturated rings. The van der Waals surface area contributed by atoms with Gasteiger partial charge in [0.2, 0.25) is 0 Å². The van der Waals surface area contributed by atoms with Crippen molar-refractivity contribution in [1.29, 1.82) is 0 Å². The van der Waals surface area contributed by atoms with E-state index in [1.54, 1.807) is 6.92 Å². The summed E-state index contributed by atoms with van der Waals surface area (Å²) in [6, 6.07) is 2.82. The maximum atomic E-state index is 11.4. The molecule has 0 bridgehead atoms. The molecule has 0 radical (unpaired) electrons. The third kappa shape index (κ3) is 5.53. The fourth-order valence-electron chi connectivity index (χ4n) is 2.23. The molecular formula is C16H24O6S. The summed E-state index contributed by atoms with van der Waals surface area (Å²) in [5.74, 6) is -0.549. The number of benzene rings is 1. The standard InChI is InChI=1S/C16H24O6S/c1-6-11(12-9-13(17)10(2)7-14(12)18)8-15(16(3,4)19)22-23(5,20)21/h6-7,9,11,15,17-19H,1,8H2,2-5H3/t11-,15+/m0/s1. The van der Waals surface area contributed by atoms with Crippen LogP contribution in [0, 0.1) is 6.92 Å². The van der Waals surface area contributed by atoms with Crippen LogP contribution in [-0.4, -0.2) is 41.7 Å². The molecule has 1 aromatic rings. The fourth-order valence-corrected chi connectivity index (χ4v) is 2.97. The Balaban J connectivity index is 3.19. The van der Waals surface area contributed by atoms with Crippen molar-refractivity contribution >= 4 is 10.1 Å². The minimum Gasteiger partial charge on any atom is -0.508 e. The summed E-state index contributed by atoms with van der Waals surface area (Å²) in [5.41, 5.74) is -0.526. The van der Waals surface area contributed by atoms with Gasteiger partial charge in [-0.3, -0.25) is 4.18 Å². The number of aryl methyl sites for hydroxylation is 1. The Bertz CT molecular complexity index is 673. The number of phenols is 2. The van der Waals surface area contributed by atoms with E-state index in [-0.39, 0.29) is 17.9 Å². The lowest BCUT2D eigenvalue weighted by molar-refractivity contribution is -0.0355. The lowest BCUT2D eigenvalue weighted by Gasteiger charge is -2.30. The van der Waals surface area contributed by atoms with E-state index in [0.717, 1.165) is 6.26 Å². The number of hydrogen-bond donors (Lipinski definition) is 3. The molecule has 0 aliphatic carbocycles. The lowest BCUT2D eigenvalue weighted by Crippen LogP contribution is -2.40. The van der Waals surface area contributed by atoms with Crippen molar-refractivity contribution in [2.24, 2.45) is 0 Å². The van der Waals surface area contributed by atoms with Gasteiger partial charge in [-0.1, -0.05) is 6.08 Å².